The number of nitrogens with zero attached hydrogens (tertiary/aromatic N) is 1. The fourth-order valence-corrected chi connectivity index (χ4v) is 2.66. The van der Waals surface area contributed by atoms with Crippen LogP contribution >= 0.6 is 0 Å². The van der Waals surface area contributed by atoms with Gasteiger partial charge in [0.05, 0.1) is 19.3 Å². The quantitative estimate of drug-likeness (QED) is 0.848. The molecule has 2 unspecified atom stereocenters. The Hall–Kier alpha value is -1.57. The number of nitrogens with two attached hydrogens (primary N) is 1. The Bertz CT molecular complexity index is 452. The topological polar surface area (TPSA) is 79.3 Å². The van der Waals surface area contributed by atoms with Crippen LogP contribution in [0.5, 0.6) is 5.75 Å². The maximum Gasteiger partial charge on any atom is 0.119 e. The number of hydrogen-bond acceptors (Lipinski definition) is 4. The van der Waals surface area contributed by atoms with E-state index >= 15 is 0 Å². The van der Waals surface area contributed by atoms with Crippen molar-refractivity contribution in [3.8, 4) is 11.8 Å². The third kappa shape index (κ3) is 3.25. The van der Waals surface area contributed by atoms with Crippen molar-refractivity contribution in [3.63, 3.8) is 0 Å². The fraction of sp³-hybridized carbons (Fsp3) is 0.533. The van der Waals surface area contributed by atoms with E-state index in [0.717, 1.165) is 37.0 Å². The van der Waals surface area contributed by atoms with Crippen LogP contribution in [0.4, 0.5) is 0 Å². The van der Waals surface area contributed by atoms with Gasteiger partial charge < -0.3 is 15.6 Å². The zero-order valence-corrected chi connectivity index (χ0v) is 11.0. The summed E-state index contributed by atoms with van der Waals surface area (Å²) in [5.41, 5.74) is 6.28. The first-order chi connectivity index (χ1) is 9.18. The molecular formula is C15H20N2O2. The Morgan fingerprint density at radius 3 is 2.79 bits per heavy atom. The van der Waals surface area contributed by atoms with Crippen molar-refractivity contribution in [1.82, 2.24) is 0 Å². The van der Waals surface area contributed by atoms with Gasteiger partial charge in [-0.2, -0.15) is 5.26 Å². The van der Waals surface area contributed by atoms with Gasteiger partial charge in [-0.25, -0.2) is 0 Å². The zero-order valence-electron chi connectivity index (χ0n) is 11.0. The van der Waals surface area contributed by atoms with Crippen molar-refractivity contribution in [2.24, 2.45) is 11.7 Å². The van der Waals surface area contributed by atoms with Crippen LogP contribution in [0.3, 0.4) is 0 Å². The Labute approximate surface area is 113 Å². The van der Waals surface area contributed by atoms with Gasteiger partial charge in [0, 0.05) is 0 Å². The molecular weight excluding hydrogens is 240 g/mol. The summed E-state index contributed by atoms with van der Waals surface area (Å²) in [4.78, 5) is 0. The first-order valence-corrected chi connectivity index (χ1v) is 6.70. The van der Waals surface area contributed by atoms with Crippen LogP contribution in [0.15, 0.2) is 24.3 Å². The van der Waals surface area contributed by atoms with E-state index in [-0.39, 0.29) is 12.5 Å². The van der Waals surface area contributed by atoms with Crippen molar-refractivity contribution in [3.05, 3.63) is 29.8 Å². The van der Waals surface area contributed by atoms with Gasteiger partial charge in [0.15, 0.2) is 0 Å². The molecule has 0 spiro atoms. The summed E-state index contributed by atoms with van der Waals surface area (Å²) in [6.45, 7) is 0.615. The molecule has 0 amide bonds. The van der Waals surface area contributed by atoms with Crippen molar-refractivity contribution in [1.29, 1.82) is 5.26 Å². The van der Waals surface area contributed by atoms with Gasteiger partial charge in [0.25, 0.3) is 0 Å². The normalized spacial score (nSPS) is 26.1. The Morgan fingerprint density at radius 1 is 1.42 bits per heavy atom. The van der Waals surface area contributed by atoms with Crippen molar-refractivity contribution >= 4 is 0 Å². The van der Waals surface area contributed by atoms with Crippen LogP contribution in [-0.2, 0) is 6.61 Å². The molecule has 1 aromatic carbocycles. The van der Waals surface area contributed by atoms with E-state index in [1.54, 1.807) is 0 Å². The van der Waals surface area contributed by atoms with Gasteiger partial charge >= 0.3 is 0 Å². The summed E-state index contributed by atoms with van der Waals surface area (Å²) in [5.74, 6) is 1.02. The summed E-state index contributed by atoms with van der Waals surface area (Å²) in [7, 11) is 0. The van der Waals surface area contributed by atoms with E-state index in [9.17, 15) is 0 Å². The van der Waals surface area contributed by atoms with Gasteiger partial charge in [-0.05, 0) is 42.9 Å². The molecule has 0 radical (unpaired) electrons. The Morgan fingerprint density at radius 2 is 2.16 bits per heavy atom. The van der Waals surface area contributed by atoms with E-state index in [2.05, 4.69) is 6.07 Å². The van der Waals surface area contributed by atoms with Crippen LogP contribution < -0.4 is 10.5 Å². The highest BCUT2D eigenvalue weighted by Gasteiger charge is 2.39. The van der Waals surface area contributed by atoms with Crippen molar-refractivity contribution in [2.75, 3.05) is 6.61 Å². The van der Waals surface area contributed by atoms with Crippen LogP contribution in [0, 0.1) is 17.2 Å². The van der Waals surface area contributed by atoms with Gasteiger partial charge in [-0.3, -0.25) is 0 Å². The van der Waals surface area contributed by atoms with E-state index in [4.69, 9.17) is 20.8 Å². The van der Waals surface area contributed by atoms with Crippen LogP contribution in [0.2, 0.25) is 0 Å². The maximum atomic E-state index is 9.13. The van der Waals surface area contributed by atoms with Crippen molar-refractivity contribution < 1.29 is 9.84 Å². The molecule has 4 heteroatoms. The highest BCUT2D eigenvalue weighted by molar-refractivity contribution is 5.26. The fourth-order valence-electron chi connectivity index (χ4n) is 2.66. The molecule has 102 valence electrons. The molecule has 2 atom stereocenters. The first kappa shape index (κ1) is 13.9. The molecule has 0 aromatic heterocycles. The summed E-state index contributed by atoms with van der Waals surface area (Å²) < 4.78 is 5.66. The zero-order chi connectivity index (χ0) is 13.7. The molecule has 1 saturated carbocycles. The molecule has 1 aliphatic carbocycles. The lowest BCUT2D eigenvalue weighted by atomic mass is 9.87. The minimum absolute atomic E-state index is 0.0419. The summed E-state index contributed by atoms with van der Waals surface area (Å²) in [5, 5.41) is 18.1. The Balaban J connectivity index is 1.81. The van der Waals surface area contributed by atoms with Crippen LogP contribution in [0.1, 0.15) is 31.2 Å². The van der Waals surface area contributed by atoms with Crippen LogP contribution in [0.25, 0.3) is 0 Å². The van der Waals surface area contributed by atoms with E-state index in [0.29, 0.717) is 6.61 Å². The molecule has 3 N–H and O–H groups in total. The number of aliphatic hydroxyl groups is 1. The predicted octanol–water partition coefficient (Wildman–Crippen LogP) is 1.97. The molecule has 4 nitrogen and oxygen atoms in total. The number of ether oxygens (including phenoxy) is 1. The number of benzene rings is 1. The second kappa shape index (κ2) is 6.05. The lowest BCUT2D eigenvalue weighted by molar-refractivity contribution is 0.254. The van der Waals surface area contributed by atoms with Crippen molar-refractivity contribution in [2.45, 2.75) is 37.8 Å². The van der Waals surface area contributed by atoms with E-state index in [1.807, 2.05) is 24.3 Å². The molecule has 1 aliphatic rings. The first-order valence-electron chi connectivity index (χ1n) is 6.70. The highest BCUT2D eigenvalue weighted by atomic mass is 16.5. The minimum atomic E-state index is -0.663. The summed E-state index contributed by atoms with van der Waals surface area (Å²) in [6, 6.07) is 9.62. The lowest BCUT2D eigenvalue weighted by Gasteiger charge is -2.23. The second-order valence-corrected chi connectivity index (χ2v) is 5.18. The Kier molecular flexibility index (Phi) is 4.41. The van der Waals surface area contributed by atoms with Gasteiger partial charge in [0.2, 0.25) is 0 Å². The highest BCUT2D eigenvalue weighted by Crippen LogP contribution is 2.35. The maximum absolute atomic E-state index is 9.13. The number of rotatable bonds is 5. The van der Waals surface area contributed by atoms with Crippen LogP contribution in [-0.4, -0.2) is 17.3 Å². The molecule has 1 fully saturated rings. The third-order valence-electron chi connectivity index (χ3n) is 3.92. The molecule has 2 rings (SSSR count). The summed E-state index contributed by atoms with van der Waals surface area (Å²) in [6.07, 6.45) is 3.64. The number of nitriles is 1. The largest absolute Gasteiger partial charge is 0.494 e. The number of hydrogen-bond donors (Lipinski definition) is 2. The average Bonchev–Trinajstić information content (AvgIpc) is 2.82. The predicted molar refractivity (Wildman–Crippen MR) is 72.3 cm³/mol. The molecule has 0 heterocycles. The monoisotopic (exact) mass is 260 g/mol. The standard InChI is InChI=1S/C15H20N2O2/c16-11-15(17)8-1-2-13(15)7-9-19-14-5-3-12(10-18)4-6-14/h3-6,13,18H,1-2,7-10,17H2. The average molecular weight is 260 g/mol. The smallest absolute Gasteiger partial charge is 0.119 e. The van der Waals surface area contributed by atoms with Gasteiger partial charge in [-0.15, -0.1) is 0 Å². The minimum Gasteiger partial charge on any atom is -0.494 e. The van der Waals surface area contributed by atoms with E-state index in [1.165, 1.54) is 0 Å². The van der Waals surface area contributed by atoms with Gasteiger partial charge in [0.1, 0.15) is 11.3 Å². The second-order valence-electron chi connectivity index (χ2n) is 5.18. The van der Waals surface area contributed by atoms with E-state index < -0.39 is 5.54 Å². The molecule has 0 bridgehead atoms. The molecule has 0 saturated heterocycles. The number of aliphatic hydroxyl groups excluding tert-OH is 1. The SMILES string of the molecule is N#CC1(N)CCCC1CCOc1ccc(CO)cc1. The molecule has 19 heavy (non-hydrogen) atoms. The third-order valence-corrected chi connectivity index (χ3v) is 3.92. The lowest BCUT2D eigenvalue weighted by Crippen LogP contribution is -2.42. The summed E-state index contributed by atoms with van der Waals surface area (Å²) >= 11 is 0. The molecule has 1 aromatic rings. The van der Waals surface area contributed by atoms with Gasteiger partial charge in [-0.1, -0.05) is 18.6 Å². The molecule has 0 aliphatic heterocycles.